The molecule has 0 aliphatic carbocycles. The summed E-state index contributed by atoms with van der Waals surface area (Å²) in [6.45, 7) is 0.546. The molecule has 9 heteroatoms. The minimum absolute atomic E-state index is 0.0422. The molecule has 0 bridgehead atoms. The number of carbonyl (C=O) groups is 1. The van der Waals surface area contributed by atoms with Crippen LogP contribution in [-0.2, 0) is 11.3 Å². The number of aromatic nitrogens is 4. The van der Waals surface area contributed by atoms with Crippen molar-refractivity contribution in [3.05, 3.63) is 72.6 Å². The Labute approximate surface area is 186 Å². The number of ether oxygens (including phenoxy) is 1. The maximum atomic E-state index is 12.5. The molecular weight excluding hydrogens is 430 g/mol. The Kier molecular flexibility index (Phi) is 5.52. The maximum absolute atomic E-state index is 12.5. The van der Waals surface area contributed by atoms with E-state index in [4.69, 9.17) is 15.6 Å². The van der Waals surface area contributed by atoms with Crippen LogP contribution in [0.3, 0.4) is 0 Å². The highest BCUT2D eigenvalue weighted by Crippen LogP contribution is 2.41. The summed E-state index contributed by atoms with van der Waals surface area (Å²) in [4.78, 5) is 21.2. The number of rotatable bonds is 5. The van der Waals surface area contributed by atoms with Crippen LogP contribution in [0.1, 0.15) is 10.4 Å². The molecule has 1 aliphatic heterocycles. The lowest BCUT2D eigenvalue weighted by Crippen LogP contribution is -2.31. The van der Waals surface area contributed by atoms with E-state index in [-0.39, 0.29) is 17.3 Å². The van der Waals surface area contributed by atoms with Gasteiger partial charge in [-0.15, -0.1) is 0 Å². The van der Waals surface area contributed by atoms with E-state index in [1.54, 1.807) is 33.7 Å². The first-order valence-corrected chi connectivity index (χ1v) is 12.2. The van der Waals surface area contributed by atoms with Crippen molar-refractivity contribution < 1.29 is 9.53 Å². The first-order chi connectivity index (χ1) is 15.2. The summed E-state index contributed by atoms with van der Waals surface area (Å²) in [5.41, 5.74) is 9.13. The van der Waals surface area contributed by atoms with Crippen molar-refractivity contribution in [1.82, 2.24) is 19.7 Å². The predicted molar refractivity (Wildman–Crippen MR) is 125 cm³/mol. The van der Waals surface area contributed by atoms with Gasteiger partial charge in [-0.25, -0.2) is 19.4 Å². The summed E-state index contributed by atoms with van der Waals surface area (Å²) in [5.74, 6) is 0.826. The standard InChI is InChI=1S/C22H19N5O2S2/c23-20-18-19(14-7-3-1-4-8-14)26-27(21(18)25-13-24-20)11-17-16(12-30-31-17)29-22(28)15-9-5-2-6-10-15/h1-10,13,16-17H,11-12H2,(H2,23,24,25)/t16-,17+/m1/s1. The molecular formula is C22H19N5O2S2. The number of nitrogens with zero attached hydrogens (tertiary/aromatic N) is 4. The first-order valence-electron chi connectivity index (χ1n) is 9.77. The van der Waals surface area contributed by atoms with E-state index >= 15 is 0 Å². The van der Waals surface area contributed by atoms with Crippen molar-refractivity contribution in [3.63, 3.8) is 0 Å². The molecule has 2 aromatic heterocycles. The normalized spacial score (nSPS) is 18.3. The average molecular weight is 450 g/mol. The molecule has 0 unspecified atom stereocenters. The van der Waals surface area contributed by atoms with Crippen LogP contribution >= 0.6 is 21.6 Å². The van der Waals surface area contributed by atoms with Gasteiger partial charge in [-0.1, -0.05) is 70.1 Å². The fourth-order valence-electron chi connectivity index (χ4n) is 3.53. The Hall–Kier alpha value is -3.04. The van der Waals surface area contributed by atoms with Gasteiger partial charge in [0.25, 0.3) is 0 Å². The van der Waals surface area contributed by atoms with Gasteiger partial charge < -0.3 is 10.5 Å². The van der Waals surface area contributed by atoms with Crippen molar-refractivity contribution in [2.24, 2.45) is 0 Å². The van der Waals surface area contributed by atoms with E-state index in [1.807, 2.05) is 53.2 Å². The summed E-state index contributed by atoms with van der Waals surface area (Å²) in [6.07, 6.45) is 1.23. The molecule has 3 heterocycles. The monoisotopic (exact) mass is 449 g/mol. The molecule has 5 rings (SSSR count). The largest absolute Gasteiger partial charge is 0.457 e. The van der Waals surface area contributed by atoms with Gasteiger partial charge in [-0.3, -0.25) is 0 Å². The zero-order valence-corrected chi connectivity index (χ0v) is 18.1. The Morgan fingerprint density at radius 1 is 1.10 bits per heavy atom. The second kappa shape index (κ2) is 8.60. The average Bonchev–Trinajstić information content (AvgIpc) is 3.40. The highest BCUT2D eigenvalue weighted by Gasteiger charge is 2.34. The lowest BCUT2D eigenvalue weighted by Gasteiger charge is -2.18. The Morgan fingerprint density at radius 2 is 1.84 bits per heavy atom. The number of hydrogen-bond donors (Lipinski definition) is 1. The summed E-state index contributed by atoms with van der Waals surface area (Å²) < 4.78 is 7.68. The van der Waals surface area contributed by atoms with Crippen LogP contribution in [0.25, 0.3) is 22.3 Å². The third-order valence-electron chi connectivity index (χ3n) is 5.07. The van der Waals surface area contributed by atoms with E-state index in [9.17, 15) is 4.79 Å². The summed E-state index contributed by atoms with van der Waals surface area (Å²) in [5, 5.41) is 5.61. The van der Waals surface area contributed by atoms with Gasteiger partial charge in [0.1, 0.15) is 23.9 Å². The molecule has 0 amide bonds. The fraction of sp³-hybridized carbons (Fsp3) is 0.182. The molecule has 0 radical (unpaired) electrons. The number of hydrogen-bond acceptors (Lipinski definition) is 8. The van der Waals surface area contributed by atoms with Crippen molar-refractivity contribution in [2.45, 2.75) is 17.9 Å². The number of carbonyl (C=O) groups excluding carboxylic acids is 1. The second-order valence-electron chi connectivity index (χ2n) is 7.08. The van der Waals surface area contributed by atoms with Gasteiger partial charge in [-0.2, -0.15) is 5.10 Å². The van der Waals surface area contributed by atoms with E-state index in [0.717, 1.165) is 22.4 Å². The third-order valence-corrected chi connectivity index (χ3v) is 7.92. The van der Waals surface area contributed by atoms with Gasteiger partial charge in [0.05, 0.1) is 22.7 Å². The van der Waals surface area contributed by atoms with Crippen molar-refractivity contribution in [2.75, 3.05) is 11.5 Å². The van der Waals surface area contributed by atoms with Crippen LogP contribution in [-0.4, -0.2) is 42.8 Å². The van der Waals surface area contributed by atoms with E-state index in [1.165, 1.54) is 6.33 Å². The number of esters is 1. The molecule has 2 N–H and O–H groups in total. The molecule has 156 valence electrons. The quantitative estimate of drug-likeness (QED) is 0.360. The highest BCUT2D eigenvalue weighted by molar-refractivity contribution is 8.77. The molecule has 0 saturated carbocycles. The summed E-state index contributed by atoms with van der Waals surface area (Å²) >= 11 is 0. The molecule has 1 saturated heterocycles. The zero-order chi connectivity index (χ0) is 21.2. The Balaban J connectivity index is 1.44. The summed E-state index contributed by atoms with van der Waals surface area (Å²) in [6, 6.07) is 18.9. The number of fused-ring (bicyclic) bond motifs is 1. The smallest absolute Gasteiger partial charge is 0.338 e. The van der Waals surface area contributed by atoms with Gasteiger partial charge in [0.2, 0.25) is 0 Å². The molecule has 2 atom stereocenters. The van der Waals surface area contributed by atoms with Gasteiger partial charge in [-0.05, 0) is 12.1 Å². The predicted octanol–water partition coefficient (Wildman–Crippen LogP) is 4.06. The molecule has 1 fully saturated rings. The van der Waals surface area contributed by atoms with E-state index < -0.39 is 0 Å². The molecule has 4 aromatic rings. The van der Waals surface area contributed by atoms with Crippen LogP contribution in [0.4, 0.5) is 5.82 Å². The van der Waals surface area contributed by atoms with Gasteiger partial charge >= 0.3 is 5.97 Å². The third kappa shape index (κ3) is 3.98. The van der Waals surface area contributed by atoms with E-state index in [0.29, 0.717) is 23.6 Å². The highest BCUT2D eigenvalue weighted by atomic mass is 33.1. The Bertz CT molecular complexity index is 1220. The van der Waals surface area contributed by atoms with Crippen molar-refractivity contribution >= 4 is 44.4 Å². The molecule has 31 heavy (non-hydrogen) atoms. The van der Waals surface area contributed by atoms with E-state index in [2.05, 4.69) is 9.97 Å². The van der Waals surface area contributed by atoms with Crippen LogP contribution in [0.2, 0.25) is 0 Å². The molecule has 0 spiro atoms. The Morgan fingerprint density at radius 3 is 2.61 bits per heavy atom. The fourth-order valence-corrected chi connectivity index (χ4v) is 6.53. The lowest BCUT2D eigenvalue weighted by atomic mass is 10.1. The minimum Gasteiger partial charge on any atom is -0.457 e. The molecule has 1 aliphatic rings. The topological polar surface area (TPSA) is 95.9 Å². The van der Waals surface area contributed by atoms with Crippen LogP contribution in [0, 0.1) is 0 Å². The van der Waals surface area contributed by atoms with Crippen LogP contribution < -0.4 is 5.73 Å². The SMILES string of the molecule is Nc1ncnc2c1c(-c1ccccc1)nn2C[C@@H]1SSC[C@H]1OC(=O)c1ccccc1. The molecule has 2 aromatic carbocycles. The first kappa shape index (κ1) is 19.9. The minimum atomic E-state index is -0.305. The van der Waals surface area contributed by atoms with Gasteiger partial charge in [0.15, 0.2) is 5.65 Å². The summed E-state index contributed by atoms with van der Waals surface area (Å²) in [7, 11) is 3.40. The zero-order valence-electron chi connectivity index (χ0n) is 16.4. The second-order valence-corrected chi connectivity index (χ2v) is 9.73. The maximum Gasteiger partial charge on any atom is 0.338 e. The molecule has 7 nitrogen and oxygen atoms in total. The van der Waals surface area contributed by atoms with Crippen LogP contribution in [0.15, 0.2) is 67.0 Å². The number of nitrogen functional groups attached to an aromatic ring is 1. The number of nitrogens with two attached hydrogens (primary N) is 1. The van der Waals surface area contributed by atoms with Crippen molar-refractivity contribution in [1.29, 1.82) is 0 Å². The number of benzene rings is 2. The van der Waals surface area contributed by atoms with Gasteiger partial charge in [0, 0.05) is 11.3 Å². The van der Waals surface area contributed by atoms with Crippen molar-refractivity contribution in [3.8, 4) is 11.3 Å². The lowest BCUT2D eigenvalue weighted by molar-refractivity contribution is 0.0342. The van der Waals surface area contributed by atoms with Crippen LogP contribution in [0.5, 0.6) is 0 Å². The number of anilines is 1.